The highest BCUT2D eigenvalue weighted by Crippen LogP contribution is 2.14. The molecule has 0 saturated carbocycles. The van der Waals surface area contributed by atoms with E-state index in [9.17, 15) is 0 Å². The van der Waals surface area contributed by atoms with E-state index in [1.165, 1.54) is 11.3 Å². The van der Waals surface area contributed by atoms with Crippen molar-refractivity contribution in [3.8, 4) is 0 Å². The standard InChI is InChI=1S/C9H11N2/c1-2-4-9-8(3-1)7-10-5-6-11-9/h1,3-4,10-11H,5-7H2. The van der Waals surface area contributed by atoms with Crippen molar-refractivity contribution in [2.24, 2.45) is 0 Å². The maximum atomic E-state index is 3.33. The topological polar surface area (TPSA) is 24.1 Å². The second-order valence-corrected chi connectivity index (χ2v) is 2.69. The Labute approximate surface area is 66.6 Å². The van der Waals surface area contributed by atoms with Gasteiger partial charge in [-0.25, -0.2) is 0 Å². The van der Waals surface area contributed by atoms with Crippen molar-refractivity contribution >= 4 is 5.69 Å². The number of hydrogen-bond acceptors (Lipinski definition) is 2. The molecule has 1 aromatic carbocycles. The monoisotopic (exact) mass is 147 g/mol. The molecule has 57 valence electrons. The van der Waals surface area contributed by atoms with Crippen LogP contribution in [0.3, 0.4) is 0 Å². The van der Waals surface area contributed by atoms with Crippen LogP contribution < -0.4 is 10.6 Å². The van der Waals surface area contributed by atoms with Gasteiger partial charge in [0.05, 0.1) is 0 Å². The molecule has 11 heavy (non-hydrogen) atoms. The van der Waals surface area contributed by atoms with Crippen LogP contribution in [-0.2, 0) is 6.54 Å². The first-order valence-electron chi connectivity index (χ1n) is 3.90. The normalized spacial score (nSPS) is 16.4. The van der Waals surface area contributed by atoms with Gasteiger partial charge in [-0.05, 0) is 17.7 Å². The summed E-state index contributed by atoms with van der Waals surface area (Å²) < 4.78 is 0. The third kappa shape index (κ3) is 1.35. The van der Waals surface area contributed by atoms with Gasteiger partial charge in [0.25, 0.3) is 0 Å². The van der Waals surface area contributed by atoms with Gasteiger partial charge in [-0.15, -0.1) is 0 Å². The van der Waals surface area contributed by atoms with E-state index in [1.807, 2.05) is 12.1 Å². The van der Waals surface area contributed by atoms with Gasteiger partial charge in [0, 0.05) is 25.3 Å². The zero-order chi connectivity index (χ0) is 7.52. The number of anilines is 1. The first kappa shape index (κ1) is 6.68. The summed E-state index contributed by atoms with van der Waals surface area (Å²) in [6.07, 6.45) is 0. The highest BCUT2D eigenvalue weighted by atomic mass is 15.0. The molecular formula is C9H11N2. The van der Waals surface area contributed by atoms with E-state index < -0.39 is 0 Å². The fraction of sp³-hybridized carbons (Fsp3) is 0.333. The maximum absolute atomic E-state index is 3.33. The molecule has 0 amide bonds. The SMILES string of the molecule is [c]1ccc2c(c1)NCCNC2. The van der Waals surface area contributed by atoms with Crippen LogP contribution in [0, 0.1) is 6.07 Å². The van der Waals surface area contributed by atoms with Gasteiger partial charge in [-0.3, -0.25) is 0 Å². The lowest BCUT2D eigenvalue weighted by Crippen LogP contribution is -2.16. The number of hydrogen-bond donors (Lipinski definition) is 2. The van der Waals surface area contributed by atoms with Gasteiger partial charge in [0.15, 0.2) is 0 Å². The van der Waals surface area contributed by atoms with E-state index in [2.05, 4.69) is 22.8 Å². The summed E-state index contributed by atoms with van der Waals surface area (Å²) in [5.41, 5.74) is 2.55. The van der Waals surface area contributed by atoms with E-state index in [0.717, 1.165) is 19.6 Å². The minimum absolute atomic E-state index is 0.969. The van der Waals surface area contributed by atoms with Crippen LogP contribution in [-0.4, -0.2) is 13.1 Å². The van der Waals surface area contributed by atoms with E-state index in [1.54, 1.807) is 0 Å². The van der Waals surface area contributed by atoms with Crippen LogP contribution in [0.1, 0.15) is 5.56 Å². The first-order chi connectivity index (χ1) is 5.47. The summed E-state index contributed by atoms with van der Waals surface area (Å²) >= 11 is 0. The summed E-state index contributed by atoms with van der Waals surface area (Å²) in [5, 5.41) is 6.66. The van der Waals surface area contributed by atoms with Gasteiger partial charge in [0.1, 0.15) is 0 Å². The molecule has 0 bridgehead atoms. The van der Waals surface area contributed by atoms with Crippen LogP contribution >= 0.6 is 0 Å². The van der Waals surface area contributed by atoms with Crippen molar-refractivity contribution < 1.29 is 0 Å². The Bertz CT molecular complexity index is 220. The van der Waals surface area contributed by atoms with Crippen LogP contribution in [0.15, 0.2) is 18.2 Å². The molecule has 0 fully saturated rings. The molecule has 2 nitrogen and oxygen atoms in total. The lowest BCUT2D eigenvalue weighted by Gasteiger charge is -2.04. The van der Waals surface area contributed by atoms with Gasteiger partial charge >= 0.3 is 0 Å². The predicted molar refractivity (Wildman–Crippen MR) is 45.5 cm³/mol. The lowest BCUT2D eigenvalue weighted by atomic mass is 10.2. The van der Waals surface area contributed by atoms with Crippen molar-refractivity contribution in [3.63, 3.8) is 0 Å². The molecular weight excluding hydrogens is 136 g/mol. The van der Waals surface area contributed by atoms with Crippen LogP contribution in [0.2, 0.25) is 0 Å². The fourth-order valence-corrected chi connectivity index (χ4v) is 1.29. The third-order valence-corrected chi connectivity index (χ3v) is 1.89. The van der Waals surface area contributed by atoms with Gasteiger partial charge < -0.3 is 10.6 Å². The summed E-state index contributed by atoms with van der Waals surface area (Å²) in [7, 11) is 0. The molecule has 0 aliphatic carbocycles. The van der Waals surface area contributed by atoms with Crippen molar-refractivity contribution in [1.29, 1.82) is 0 Å². The third-order valence-electron chi connectivity index (χ3n) is 1.89. The van der Waals surface area contributed by atoms with Gasteiger partial charge in [-0.2, -0.15) is 0 Å². The van der Waals surface area contributed by atoms with E-state index in [0.29, 0.717) is 0 Å². The molecule has 1 heterocycles. The van der Waals surface area contributed by atoms with Crippen LogP contribution in [0.25, 0.3) is 0 Å². The zero-order valence-electron chi connectivity index (χ0n) is 6.35. The van der Waals surface area contributed by atoms with Crippen molar-refractivity contribution in [3.05, 3.63) is 29.8 Å². The molecule has 0 spiro atoms. The predicted octanol–water partition coefficient (Wildman–Crippen LogP) is 1.00. The number of fused-ring (bicyclic) bond motifs is 1. The fourth-order valence-electron chi connectivity index (χ4n) is 1.29. The second-order valence-electron chi connectivity index (χ2n) is 2.69. The molecule has 1 aliphatic heterocycles. The van der Waals surface area contributed by atoms with E-state index in [-0.39, 0.29) is 0 Å². The van der Waals surface area contributed by atoms with E-state index in [4.69, 9.17) is 0 Å². The summed E-state index contributed by atoms with van der Waals surface area (Å²) in [5.74, 6) is 0. The van der Waals surface area contributed by atoms with Gasteiger partial charge in [0.2, 0.25) is 0 Å². The van der Waals surface area contributed by atoms with Crippen LogP contribution in [0.5, 0.6) is 0 Å². The number of rotatable bonds is 0. The zero-order valence-corrected chi connectivity index (χ0v) is 6.35. The highest BCUT2D eigenvalue weighted by Gasteiger charge is 2.03. The Kier molecular flexibility index (Phi) is 1.78. The molecule has 1 aromatic rings. The Morgan fingerprint density at radius 1 is 1.36 bits per heavy atom. The molecule has 0 atom stereocenters. The maximum Gasteiger partial charge on any atom is 0.0392 e. The summed E-state index contributed by atoms with van der Waals surface area (Å²) in [6.45, 7) is 3.01. The molecule has 2 heteroatoms. The highest BCUT2D eigenvalue weighted by molar-refractivity contribution is 5.51. The Hall–Kier alpha value is -1.02. The molecule has 2 N–H and O–H groups in total. The Morgan fingerprint density at radius 3 is 3.36 bits per heavy atom. The minimum atomic E-state index is 0.969. The smallest absolute Gasteiger partial charge is 0.0392 e. The average molecular weight is 147 g/mol. The van der Waals surface area contributed by atoms with E-state index >= 15 is 0 Å². The quantitative estimate of drug-likeness (QED) is 0.572. The average Bonchev–Trinajstić information content (AvgIpc) is 2.28. The lowest BCUT2D eigenvalue weighted by molar-refractivity contribution is 0.725. The molecule has 0 aromatic heterocycles. The molecule has 2 rings (SSSR count). The van der Waals surface area contributed by atoms with Crippen molar-refractivity contribution in [2.75, 3.05) is 18.4 Å². The summed E-state index contributed by atoms with van der Waals surface area (Å²) in [6, 6.07) is 9.11. The largest absolute Gasteiger partial charge is 0.383 e. The van der Waals surface area contributed by atoms with Crippen LogP contribution in [0.4, 0.5) is 5.69 Å². The van der Waals surface area contributed by atoms with Crippen molar-refractivity contribution in [1.82, 2.24) is 5.32 Å². The second kappa shape index (κ2) is 2.93. The first-order valence-corrected chi connectivity index (χ1v) is 3.90. The molecule has 0 unspecified atom stereocenters. The molecule has 0 saturated heterocycles. The van der Waals surface area contributed by atoms with Crippen molar-refractivity contribution in [2.45, 2.75) is 6.54 Å². The minimum Gasteiger partial charge on any atom is -0.383 e. The number of nitrogens with one attached hydrogen (secondary N) is 2. The van der Waals surface area contributed by atoms with Gasteiger partial charge in [-0.1, -0.05) is 12.1 Å². The Balaban J connectivity index is 2.33. The summed E-state index contributed by atoms with van der Waals surface area (Å²) in [4.78, 5) is 0. The molecule has 1 radical (unpaired) electrons. The Morgan fingerprint density at radius 2 is 2.36 bits per heavy atom. The molecule has 1 aliphatic rings. The number of benzene rings is 1.